The van der Waals surface area contributed by atoms with E-state index < -0.39 is 6.29 Å². The molecule has 1 heterocycles. The molecule has 5 heteroatoms. The fraction of sp³-hybridized carbons (Fsp3) is 0.286. The molecule has 1 aromatic heterocycles. The minimum Gasteiger partial charge on any atom is -0.350 e. The Balaban J connectivity index is 2.43. The zero-order valence-electron chi connectivity index (χ0n) is 11.1. The Hall–Kier alpha value is -2.16. The van der Waals surface area contributed by atoms with Crippen LogP contribution in [-0.2, 0) is 16.5 Å². The smallest absolute Gasteiger partial charge is 0.202 e. The predicted molar refractivity (Wildman–Crippen MR) is 70.1 cm³/mol. The van der Waals surface area contributed by atoms with Crippen molar-refractivity contribution in [2.45, 2.75) is 6.29 Å². The molecular formula is C14H15N3O2. The average Bonchev–Trinajstić information content (AvgIpc) is 2.82. The molecule has 2 rings (SSSR count). The maximum absolute atomic E-state index is 8.94. The Kier molecular flexibility index (Phi) is 3.95. The highest BCUT2D eigenvalue weighted by Gasteiger charge is 2.16. The number of aryl methyl sites for hydroxylation is 1. The Morgan fingerprint density at radius 3 is 2.63 bits per heavy atom. The molecule has 0 aliphatic rings. The zero-order valence-corrected chi connectivity index (χ0v) is 11.1. The number of benzene rings is 1. The summed E-state index contributed by atoms with van der Waals surface area (Å²) in [5.41, 5.74) is 3.16. The maximum atomic E-state index is 8.94. The summed E-state index contributed by atoms with van der Waals surface area (Å²) in [6.07, 6.45) is -0.487. The van der Waals surface area contributed by atoms with E-state index >= 15 is 0 Å². The van der Waals surface area contributed by atoms with Crippen LogP contribution in [0.4, 0.5) is 0 Å². The van der Waals surface area contributed by atoms with Crippen LogP contribution in [0.5, 0.6) is 0 Å². The first-order valence-corrected chi connectivity index (χ1v) is 5.79. The summed E-state index contributed by atoms with van der Waals surface area (Å²) in [6, 6.07) is 11.4. The molecule has 0 radical (unpaired) electrons. The van der Waals surface area contributed by atoms with Gasteiger partial charge in [0, 0.05) is 26.8 Å². The molecule has 0 saturated carbocycles. The van der Waals surface area contributed by atoms with Crippen molar-refractivity contribution in [3.63, 3.8) is 0 Å². The largest absolute Gasteiger partial charge is 0.350 e. The highest BCUT2D eigenvalue weighted by Crippen LogP contribution is 2.24. The second kappa shape index (κ2) is 5.65. The van der Waals surface area contributed by atoms with Crippen molar-refractivity contribution >= 4 is 0 Å². The Bertz CT molecular complexity index is 609. The Morgan fingerprint density at radius 1 is 1.26 bits per heavy atom. The van der Waals surface area contributed by atoms with E-state index in [1.807, 2.05) is 31.3 Å². The molecule has 0 N–H and O–H groups in total. The summed E-state index contributed by atoms with van der Waals surface area (Å²) in [5, 5.41) is 13.3. The van der Waals surface area contributed by atoms with Gasteiger partial charge in [-0.25, -0.2) is 0 Å². The number of hydrogen-bond acceptors (Lipinski definition) is 4. The van der Waals surface area contributed by atoms with Crippen LogP contribution >= 0.6 is 0 Å². The normalized spacial score (nSPS) is 10.7. The quantitative estimate of drug-likeness (QED) is 0.788. The standard InChI is InChI=1S/C14H15N3O2/c1-17-13(8-12(16-17)14(18-2)19-3)11-6-4-5-10(7-11)9-15/h4-8,14H,1-3H3. The van der Waals surface area contributed by atoms with Gasteiger partial charge in [-0.3, -0.25) is 4.68 Å². The first kappa shape index (κ1) is 13.3. The van der Waals surface area contributed by atoms with E-state index in [1.165, 1.54) is 0 Å². The van der Waals surface area contributed by atoms with E-state index in [2.05, 4.69) is 11.2 Å². The van der Waals surface area contributed by atoms with Gasteiger partial charge in [-0.15, -0.1) is 0 Å². The molecule has 0 aliphatic carbocycles. The molecule has 1 aromatic carbocycles. The van der Waals surface area contributed by atoms with Crippen molar-refractivity contribution in [1.29, 1.82) is 5.26 Å². The highest BCUT2D eigenvalue weighted by atomic mass is 16.7. The fourth-order valence-electron chi connectivity index (χ4n) is 1.96. The lowest BCUT2D eigenvalue weighted by Gasteiger charge is -2.09. The molecule has 0 fully saturated rings. The van der Waals surface area contributed by atoms with Gasteiger partial charge < -0.3 is 9.47 Å². The van der Waals surface area contributed by atoms with E-state index in [4.69, 9.17) is 14.7 Å². The number of methoxy groups -OCH3 is 2. The minimum atomic E-state index is -0.487. The number of hydrogen-bond donors (Lipinski definition) is 0. The third kappa shape index (κ3) is 2.65. The van der Waals surface area contributed by atoms with Crippen LogP contribution in [0.2, 0.25) is 0 Å². The second-order valence-corrected chi connectivity index (χ2v) is 4.07. The van der Waals surface area contributed by atoms with E-state index in [1.54, 1.807) is 25.0 Å². The van der Waals surface area contributed by atoms with Gasteiger partial charge in [0.2, 0.25) is 6.29 Å². The number of nitrogens with zero attached hydrogens (tertiary/aromatic N) is 3. The van der Waals surface area contributed by atoms with E-state index in [9.17, 15) is 0 Å². The first-order chi connectivity index (χ1) is 9.19. The highest BCUT2D eigenvalue weighted by molar-refractivity contribution is 5.62. The molecule has 0 amide bonds. The monoisotopic (exact) mass is 257 g/mol. The SMILES string of the molecule is COC(OC)c1cc(-c2cccc(C#N)c2)n(C)n1. The van der Waals surface area contributed by atoms with Crippen LogP contribution in [0.25, 0.3) is 11.3 Å². The summed E-state index contributed by atoms with van der Waals surface area (Å²) in [6.45, 7) is 0. The second-order valence-electron chi connectivity index (χ2n) is 4.07. The zero-order chi connectivity index (χ0) is 13.8. The van der Waals surface area contributed by atoms with Gasteiger partial charge in [-0.2, -0.15) is 10.4 Å². The lowest BCUT2D eigenvalue weighted by Crippen LogP contribution is -2.05. The molecular weight excluding hydrogens is 242 g/mol. The Morgan fingerprint density at radius 2 is 2.00 bits per heavy atom. The van der Waals surface area contributed by atoms with Crippen molar-refractivity contribution in [2.75, 3.05) is 14.2 Å². The van der Waals surface area contributed by atoms with E-state index in [0.29, 0.717) is 11.3 Å². The van der Waals surface area contributed by atoms with Crippen LogP contribution in [-0.4, -0.2) is 24.0 Å². The minimum absolute atomic E-state index is 0.487. The molecule has 2 aromatic rings. The number of aromatic nitrogens is 2. The topological polar surface area (TPSA) is 60.1 Å². The van der Waals surface area contributed by atoms with Gasteiger partial charge >= 0.3 is 0 Å². The lowest BCUT2D eigenvalue weighted by atomic mass is 10.1. The van der Waals surface area contributed by atoms with Crippen molar-refractivity contribution in [2.24, 2.45) is 7.05 Å². The number of rotatable bonds is 4. The van der Waals surface area contributed by atoms with E-state index in [0.717, 1.165) is 11.3 Å². The van der Waals surface area contributed by atoms with Crippen LogP contribution in [0.3, 0.4) is 0 Å². The van der Waals surface area contributed by atoms with Gasteiger partial charge in [-0.05, 0) is 18.2 Å². The van der Waals surface area contributed by atoms with Crippen LogP contribution < -0.4 is 0 Å². The molecule has 98 valence electrons. The fourth-order valence-corrected chi connectivity index (χ4v) is 1.96. The molecule has 19 heavy (non-hydrogen) atoms. The summed E-state index contributed by atoms with van der Waals surface area (Å²) in [4.78, 5) is 0. The maximum Gasteiger partial charge on any atom is 0.202 e. The molecule has 5 nitrogen and oxygen atoms in total. The van der Waals surface area contributed by atoms with Gasteiger partial charge in [-0.1, -0.05) is 12.1 Å². The van der Waals surface area contributed by atoms with Gasteiger partial charge in [0.1, 0.15) is 5.69 Å². The van der Waals surface area contributed by atoms with Crippen molar-refractivity contribution in [1.82, 2.24) is 9.78 Å². The lowest BCUT2D eigenvalue weighted by molar-refractivity contribution is -0.108. The molecule has 0 atom stereocenters. The first-order valence-electron chi connectivity index (χ1n) is 5.79. The van der Waals surface area contributed by atoms with Crippen LogP contribution in [0, 0.1) is 11.3 Å². The molecule has 0 saturated heterocycles. The average molecular weight is 257 g/mol. The molecule has 0 aliphatic heterocycles. The van der Waals surface area contributed by atoms with Gasteiger partial charge in [0.25, 0.3) is 0 Å². The van der Waals surface area contributed by atoms with Crippen LogP contribution in [0.1, 0.15) is 17.5 Å². The van der Waals surface area contributed by atoms with Gasteiger partial charge in [0.15, 0.2) is 0 Å². The molecule has 0 bridgehead atoms. The molecule has 0 spiro atoms. The third-order valence-corrected chi connectivity index (χ3v) is 2.86. The van der Waals surface area contributed by atoms with Crippen LogP contribution in [0.15, 0.2) is 30.3 Å². The summed E-state index contributed by atoms with van der Waals surface area (Å²) in [7, 11) is 4.98. The predicted octanol–water partition coefficient (Wildman–Crippen LogP) is 2.25. The van der Waals surface area contributed by atoms with Crippen molar-refractivity contribution < 1.29 is 9.47 Å². The van der Waals surface area contributed by atoms with Gasteiger partial charge in [0.05, 0.1) is 17.3 Å². The number of nitriles is 1. The summed E-state index contributed by atoms with van der Waals surface area (Å²) >= 11 is 0. The number of ether oxygens (including phenoxy) is 2. The van der Waals surface area contributed by atoms with E-state index in [-0.39, 0.29) is 0 Å². The van der Waals surface area contributed by atoms with Crippen molar-refractivity contribution in [3.8, 4) is 17.3 Å². The molecule has 0 unspecified atom stereocenters. The Labute approximate surface area is 112 Å². The third-order valence-electron chi connectivity index (χ3n) is 2.86. The summed E-state index contributed by atoms with van der Waals surface area (Å²) in [5.74, 6) is 0. The summed E-state index contributed by atoms with van der Waals surface area (Å²) < 4.78 is 12.1. The van der Waals surface area contributed by atoms with Crippen molar-refractivity contribution in [3.05, 3.63) is 41.6 Å².